The third-order valence-electron chi connectivity index (χ3n) is 4.33. The third-order valence-corrected chi connectivity index (χ3v) is 4.33. The van der Waals surface area contributed by atoms with Crippen molar-refractivity contribution < 1.29 is 4.39 Å². The van der Waals surface area contributed by atoms with Crippen molar-refractivity contribution in [3.05, 3.63) is 36.3 Å². The SMILES string of the molecule is CC1CCC(Nc2nc(N)ncc2-c2ccccc2F)CC1. The molecule has 0 aliphatic heterocycles. The summed E-state index contributed by atoms with van der Waals surface area (Å²) in [6.45, 7) is 2.28. The molecular weight excluding hydrogens is 279 g/mol. The van der Waals surface area contributed by atoms with Gasteiger partial charge in [0.15, 0.2) is 0 Å². The fourth-order valence-corrected chi connectivity index (χ4v) is 2.98. The maximum Gasteiger partial charge on any atom is 0.221 e. The van der Waals surface area contributed by atoms with Gasteiger partial charge in [0.1, 0.15) is 11.6 Å². The molecule has 22 heavy (non-hydrogen) atoms. The molecule has 1 aromatic heterocycles. The lowest BCUT2D eigenvalue weighted by Crippen LogP contribution is -2.26. The van der Waals surface area contributed by atoms with Gasteiger partial charge in [-0.2, -0.15) is 4.98 Å². The molecule has 1 aliphatic rings. The Kier molecular flexibility index (Phi) is 4.22. The minimum atomic E-state index is -0.281. The van der Waals surface area contributed by atoms with Crippen molar-refractivity contribution in [2.24, 2.45) is 5.92 Å². The summed E-state index contributed by atoms with van der Waals surface area (Å²) in [4.78, 5) is 8.32. The molecule has 4 nitrogen and oxygen atoms in total. The molecule has 0 saturated heterocycles. The molecule has 0 atom stereocenters. The van der Waals surface area contributed by atoms with Crippen molar-refractivity contribution >= 4 is 11.8 Å². The average molecular weight is 300 g/mol. The highest BCUT2D eigenvalue weighted by atomic mass is 19.1. The molecule has 1 aromatic carbocycles. The molecule has 1 fully saturated rings. The summed E-state index contributed by atoms with van der Waals surface area (Å²) in [7, 11) is 0. The van der Waals surface area contributed by atoms with E-state index >= 15 is 0 Å². The number of nitrogens with zero attached hydrogens (tertiary/aromatic N) is 2. The molecule has 1 aliphatic carbocycles. The fourth-order valence-electron chi connectivity index (χ4n) is 2.98. The van der Waals surface area contributed by atoms with Gasteiger partial charge < -0.3 is 11.1 Å². The van der Waals surface area contributed by atoms with E-state index in [1.54, 1.807) is 24.4 Å². The van der Waals surface area contributed by atoms with Crippen LogP contribution in [-0.4, -0.2) is 16.0 Å². The predicted octanol–water partition coefficient (Wildman–Crippen LogP) is 3.86. The van der Waals surface area contributed by atoms with Crippen LogP contribution in [0.15, 0.2) is 30.5 Å². The first-order chi connectivity index (χ1) is 10.6. The van der Waals surface area contributed by atoms with E-state index in [1.165, 1.54) is 18.9 Å². The number of hydrogen-bond acceptors (Lipinski definition) is 4. The Bertz CT molecular complexity index is 651. The molecule has 3 rings (SSSR count). The van der Waals surface area contributed by atoms with E-state index in [0.717, 1.165) is 18.8 Å². The number of halogens is 1. The van der Waals surface area contributed by atoms with Crippen LogP contribution in [0.4, 0.5) is 16.2 Å². The lowest BCUT2D eigenvalue weighted by molar-refractivity contribution is 0.361. The van der Waals surface area contributed by atoms with Crippen LogP contribution in [0.25, 0.3) is 11.1 Å². The zero-order chi connectivity index (χ0) is 15.5. The van der Waals surface area contributed by atoms with Crippen LogP contribution >= 0.6 is 0 Å². The summed E-state index contributed by atoms with van der Waals surface area (Å²) in [5.74, 6) is 1.32. The van der Waals surface area contributed by atoms with Gasteiger partial charge in [-0.15, -0.1) is 0 Å². The molecule has 0 spiro atoms. The first-order valence-electron chi connectivity index (χ1n) is 7.77. The maximum absolute atomic E-state index is 14.1. The van der Waals surface area contributed by atoms with E-state index in [4.69, 9.17) is 5.73 Å². The summed E-state index contributed by atoms with van der Waals surface area (Å²) >= 11 is 0. The Morgan fingerprint density at radius 1 is 1.14 bits per heavy atom. The highest BCUT2D eigenvalue weighted by Gasteiger charge is 2.20. The number of nitrogens with two attached hydrogens (primary N) is 1. The highest BCUT2D eigenvalue weighted by molar-refractivity contribution is 5.75. The number of nitrogens with one attached hydrogen (secondary N) is 1. The van der Waals surface area contributed by atoms with Gasteiger partial charge in [0, 0.05) is 23.4 Å². The smallest absolute Gasteiger partial charge is 0.221 e. The summed E-state index contributed by atoms with van der Waals surface area (Å²) < 4.78 is 14.1. The second kappa shape index (κ2) is 6.30. The molecule has 5 heteroatoms. The molecule has 0 bridgehead atoms. The van der Waals surface area contributed by atoms with E-state index in [9.17, 15) is 4.39 Å². The van der Waals surface area contributed by atoms with Crippen molar-refractivity contribution in [2.75, 3.05) is 11.1 Å². The van der Waals surface area contributed by atoms with Gasteiger partial charge in [0.05, 0.1) is 0 Å². The first kappa shape index (κ1) is 14.8. The van der Waals surface area contributed by atoms with Crippen LogP contribution < -0.4 is 11.1 Å². The van der Waals surface area contributed by atoms with Gasteiger partial charge in [-0.3, -0.25) is 0 Å². The van der Waals surface area contributed by atoms with E-state index in [2.05, 4.69) is 22.2 Å². The Labute approximate surface area is 130 Å². The normalized spacial score (nSPS) is 21.5. The Morgan fingerprint density at radius 3 is 2.59 bits per heavy atom. The Hall–Kier alpha value is -2.17. The minimum Gasteiger partial charge on any atom is -0.368 e. The van der Waals surface area contributed by atoms with Crippen LogP contribution in [0.5, 0.6) is 0 Å². The lowest BCUT2D eigenvalue weighted by atomic mass is 9.87. The summed E-state index contributed by atoms with van der Waals surface area (Å²) in [5.41, 5.74) is 6.87. The van der Waals surface area contributed by atoms with Crippen LogP contribution in [0.1, 0.15) is 32.6 Å². The molecule has 0 amide bonds. The quantitative estimate of drug-likeness (QED) is 0.903. The van der Waals surface area contributed by atoms with Crippen LogP contribution in [-0.2, 0) is 0 Å². The van der Waals surface area contributed by atoms with E-state index in [-0.39, 0.29) is 11.8 Å². The Balaban J connectivity index is 1.90. The highest BCUT2D eigenvalue weighted by Crippen LogP contribution is 2.31. The molecule has 0 radical (unpaired) electrons. The second-order valence-corrected chi connectivity index (χ2v) is 6.07. The number of benzene rings is 1. The van der Waals surface area contributed by atoms with Crippen molar-refractivity contribution in [3.8, 4) is 11.1 Å². The number of aromatic nitrogens is 2. The van der Waals surface area contributed by atoms with Crippen LogP contribution in [0.3, 0.4) is 0 Å². The second-order valence-electron chi connectivity index (χ2n) is 6.07. The van der Waals surface area contributed by atoms with E-state index in [0.29, 0.717) is 23.0 Å². The third kappa shape index (κ3) is 3.18. The maximum atomic E-state index is 14.1. The molecule has 3 N–H and O–H groups in total. The van der Waals surface area contributed by atoms with E-state index < -0.39 is 0 Å². The van der Waals surface area contributed by atoms with Crippen LogP contribution in [0.2, 0.25) is 0 Å². The topological polar surface area (TPSA) is 63.8 Å². The van der Waals surface area contributed by atoms with Crippen molar-refractivity contribution in [2.45, 2.75) is 38.6 Å². The van der Waals surface area contributed by atoms with E-state index in [1.807, 2.05) is 0 Å². The molecule has 0 unspecified atom stereocenters. The van der Waals surface area contributed by atoms with Gasteiger partial charge in [-0.05, 0) is 37.7 Å². The van der Waals surface area contributed by atoms with Crippen molar-refractivity contribution in [1.82, 2.24) is 9.97 Å². The number of hydrogen-bond donors (Lipinski definition) is 2. The first-order valence-corrected chi connectivity index (χ1v) is 7.77. The fraction of sp³-hybridized carbons (Fsp3) is 0.412. The zero-order valence-electron chi connectivity index (χ0n) is 12.7. The predicted molar refractivity (Wildman–Crippen MR) is 86.9 cm³/mol. The van der Waals surface area contributed by atoms with Gasteiger partial charge in [-0.25, -0.2) is 9.37 Å². The summed E-state index contributed by atoms with van der Waals surface area (Å²) in [6, 6.07) is 7.01. The van der Waals surface area contributed by atoms with Crippen LogP contribution in [0, 0.1) is 11.7 Å². The lowest BCUT2D eigenvalue weighted by Gasteiger charge is -2.28. The van der Waals surface area contributed by atoms with Gasteiger partial charge in [0.2, 0.25) is 5.95 Å². The molecule has 2 aromatic rings. The monoisotopic (exact) mass is 300 g/mol. The van der Waals surface area contributed by atoms with Gasteiger partial charge >= 0.3 is 0 Å². The van der Waals surface area contributed by atoms with Gasteiger partial charge in [0.25, 0.3) is 0 Å². The summed E-state index contributed by atoms with van der Waals surface area (Å²) in [6.07, 6.45) is 6.19. The van der Waals surface area contributed by atoms with Crippen molar-refractivity contribution in [3.63, 3.8) is 0 Å². The Morgan fingerprint density at radius 2 is 1.86 bits per heavy atom. The largest absolute Gasteiger partial charge is 0.368 e. The summed E-state index contributed by atoms with van der Waals surface area (Å²) in [5, 5.41) is 3.44. The number of nitrogen functional groups attached to an aromatic ring is 1. The zero-order valence-corrected chi connectivity index (χ0v) is 12.7. The van der Waals surface area contributed by atoms with Gasteiger partial charge in [-0.1, -0.05) is 25.1 Å². The minimum absolute atomic E-state index is 0.201. The average Bonchev–Trinajstić information content (AvgIpc) is 2.51. The molecule has 1 heterocycles. The number of rotatable bonds is 3. The molecular formula is C17H21FN4. The molecule has 116 valence electrons. The van der Waals surface area contributed by atoms with Crippen molar-refractivity contribution in [1.29, 1.82) is 0 Å². The standard InChI is InChI=1S/C17H21FN4/c1-11-6-8-12(9-7-11)21-16-14(10-20-17(19)22-16)13-4-2-3-5-15(13)18/h2-5,10-12H,6-9H2,1H3,(H3,19,20,21,22). The molecule has 1 saturated carbocycles. The number of anilines is 2.